The van der Waals surface area contributed by atoms with Gasteiger partial charge >= 0.3 is 0 Å². The minimum Gasteiger partial charge on any atom is -0.507 e. The summed E-state index contributed by atoms with van der Waals surface area (Å²) in [4.78, 5) is 13.7. The van der Waals surface area contributed by atoms with Crippen molar-refractivity contribution in [3.63, 3.8) is 0 Å². The molecule has 17 heavy (non-hydrogen) atoms. The van der Waals surface area contributed by atoms with Crippen molar-refractivity contribution in [2.75, 3.05) is 19.1 Å². The summed E-state index contributed by atoms with van der Waals surface area (Å²) in [6, 6.07) is 4.58. The van der Waals surface area contributed by atoms with Gasteiger partial charge in [0.2, 0.25) is 0 Å². The number of thioether (sulfide) groups is 1. The molecule has 0 aliphatic heterocycles. The summed E-state index contributed by atoms with van der Waals surface area (Å²) in [6.45, 7) is 1.97. The van der Waals surface area contributed by atoms with Crippen molar-refractivity contribution in [1.29, 1.82) is 0 Å². The van der Waals surface area contributed by atoms with Gasteiger partial charge in [-0.3, -0.25) is 4.79 Å². The summed E-state index contributed by atoms with van der Waals surface area (Å²) in [5, 5.41) is 10.1. The van der Waals surface area contributed by atoms with Crippen LogP contribution in [0.2, 0.25) is 5.02 Å². The number of phenolic OH excluding ortho intramolecular Hbond substituents is 1. The second-order valence-electron chi connectivity index (χ2n) is 3.88. The van der Waals surface area contributed by atoms with Crippen LogP contribution in [0.25, 0.3) is 0 Å². The zero-order chi connectivity index (χ0) is 13.0. The predicted molar refractivity (Wildman–Crippen MR) is 73.1 cm³/mol. The van der Waals surface area contributed by atoms with Gasteiger partial charge in [-0.05, 0) is 31.4 Å². The maximum absolute atomic E-state index is 12.1. The lowest BCUT2D eigenvalue weighted by Crippen LogP contribution is -2.36. The molecule has 1 rings (SSSR count). The highest BCUT2D eigenvalue weighted by Crippen LogP contribution is 2.23. The molecule has 94 valence electrons. The van der Waals surface area contributed by atoms with Gasteiger partial charge in [0.25, 0.3) is 5.91 Å². The summed E-state index contributed by atoms with van der Waals surface area (Å²) >= 11 is 7.50. The van der Waals surface area contributed by atoms with E-state index in [1.807, 2.05) is 13.2 Å². The van der Waals surface area contributed by atoms with Gasteiger partial charge in [-0.25, -0.2) is 0 Å². The number of nitrogens with zero attached hydrogens (tertiary/aromatic N) is 1. The molecule has 0 fully saturated rings. The lowest BCUT2D eigenvalue weighted by molar-refractivity contribution is 0.0754. The Morgan fingerprint density at radius 3 is 2.82 bits per heavy atom. The van der Waals surface area contributed by atoms with E-state index in [4.69, 9.17) is 11.6 Å². The maximum Gasteiger partial charge on any atom is 0.257 e. The molecule has 5 heteroatoms. The fraction of sp³-hybridized carbons (Fsp3) is 0.417. The first-order valence-corrected chi connectivity index (χ1v) is 6.99. The van der Waals surface area contributed by atoms with E-state index >= 15 is 0 Å². The number of phenols is 1. The molecule has 0 aliphatic rings. The Morgan fingerprint density at radius 1 is 1.59 bits per heavy atom. The van der Waals surface area contributed by atoms with Crippen LogP contribution in [0.15, 0.2) is 18.2 Å². The second-order valence-corrected chi connectivity index (χ2v) is 5.23. The third-order valence-electron chi connectivity index (χ3n) is 2.58. The minimum atomic E-state index is -0.216. The van der Waals surface area contributed by atoms with Gasteiger partial charge in [-0.15, -0.1) is 0 Å². The minimum absolute atomic E-state index is 0.0393. The van der Waals surface area contributed by atoms with Gasteiger partial charge in [0, 0.05) is 23.9 Å². The van der Waals surface area contributed by atoms with Crippen molar-refractivity contribution < 1.29 is 9.90 Å². The second kappa shape index (κ2) is 6.17. The van der Waals surface area contributed by atoms with E-state index < -0.39 is 0 Å². The van der Waals surface area contributed by atoms with Crippen molar-refractivity contribution in [3.05, 3.63) is 28.8 Å². The predicted octanol–water partition coefficient (Wildman–Crippen LogP) is 2.87. The normalized spacial score (nSPS) is 12.2. The van der Waals surface area contributed by atoms with E-state index in [9.17, 15) is 9.90 Å². The largest absolute Gasteiger partial charge is 0.507 e. The monoisotopic (exact) mass is 273 g/mol. The molecule has 0 saturated heterocycles. The van der Waals surface area contributed by atoms with Crippen molar-refractivity contribution in [1.82, 2.24) is 4.90 Å². The lowest BCUT2D eigenvalue weighted by atomic mass is 10.1. The van der Waals surface area contributed by atoms with E-state index in [1.54, 1.807) is 29.8 Å². The molecule has 0 aliphatic carbocycles. The fourth-order valence-corrected chi connectivity index (χ4v) is 2.30. The van der Waals surface area contributed by atoms with Crippen LogP contribution in [0.3, 0.4) is 0 Å². The molecule has 0 spiro atoms. The van der Waals surface area contributed by atoms with Crippen molar-refractivity contribution in [2.24, 2.45) is 0 Å². The maximum atomic E-state index is 12.1. The molecule has 1 aromatic carbocycles. The molecule has 0 bridgehead atoms. The first-order chi connectivity index (χ1) is 7.97. The van der Waals surface area contributed by atoms with E-state index in [0.29, 0.717) is 5.02 Å². The molecule has 0 radical (unpaired) electrons. The zero-order valence-electron chi connectivity index (χ0n) is 10.1. The molecule has 1 unspecified atom stereocenters. The van der Waals surface area contributed by atoms with E-state index in [2.05, 4.69) is 0 Å². The number of carbonyl (C=O) groups is 1. The van der Waals surface area contributed by atoms with Crippen LogP contribution in [0.5, 0.6) is 5.75 Å². The molecule has 1 aromatic rings. The average Bonchev–Trinajstić information content (AvgIpc) is 2.30. The fourth-order valence-electron chi connectivity index (χ4n) is 1.42. The molecule has 0 heterocycles. The number of benzene rings is 1. The quantitative estimate of drug-likeness (QED) is 0.917. The Labute approximate surface area is 111 Å². The smallest absolute Gasteiger partial charge is 0.257 e. The average molecular weight is 274 g/mol. The number of hydrogen-bond donors (Lipinski definition) is 1. The standard InChI is InChI=1S/C12H16ClNO2S/c1-8(7-17-3)14(2)12(16)10-6-9(13)4-5-11(10)15/h4-6,8,15H,7H2,1-3H3. The third kappa shape index (κ3) is 3.54. The van der Waals surface area contributed by atoms with Gasteiger partial charge in [-0.2, -0.15) is 11.8 Å². The summed E-state index contributed by atoms with van der Waals surface area (Å²) in [6.07, 6.45) is 1.99. The first-order valence-electron chi connectivity index (χ1n) is 5.22. The molecule has 1 amide bonds. The Hall–Kier alpha value is -0.870. The highest BCUT2D eigenvalue weighted by atomic mass is 35.5. The molecular weight excluding hydrogens is 258 g/mol. The van der Waals surface area contributed by atoms with Crippen LogP contribution < -0.4 is 0 Å². The summed E-state index contributed by atoms with van der Waals surface area (Å²) in [7, 11) is 1.73. The van der Waals surface area contributed by atoms with Gasteiger partial charge < -0.3 is 10.0 Å². The van der Waals surface area contributed by atoms with E-state index in [1.165, 1.54) is 12.1 Å². The van der Waals surface area contributed by atoms with Crippen molar-refractivity contribution in [2.45, 2.75) is 13.0 Å². The third-order valence-corrected chi connectivity index (χ3v) is 3.63. The lowest BCUT2D eigenvalue weighted by Gasteiger charge is -2.24. The van der Waals surface area contributed by atoms with Crippen molar-refractivity contribution in [3.8, 4) is 5.75 Å². The van der Waals surface area contributed by atoms with Crippen LogP contribution in [-0.4, -0.2) is 41.0 Å². The Bertz CT molecular complexity index is 411. The Morgan fingerprint density at radius 2 is 2.24 bits per heavy atom. The van der Waals surface area contributed by atoms with Crippen LogP contribution in [0.4, 0.5) is 0 Å². The van der Waals surface area contributed by atoms with Gasteiger partial charge in [0.15, 0.2) is 0 Å². The van der Waals surface area contributed by atoms with Crippen LogP contribution in [0.1, 0.15) is 17.3 Å². The molecule has 0 aromatic heterocycles. The van der Waals surface area contributed by atoms with E-state index in [-0.39, 0.29) is 23.3 Å². The van der Waals surface area contributed by atoms with Crippen LogP contribution in [0, 0.1) is 0 Å². The van der Waals surface area contributed by atoms with Gasteiger partial charge in [0.05, 0.1) is 5.56 Å². The number of aromatic hydroxyl groups is 1. The summed E-state index contributed by atoms with van der Waals surface area (Å²) in [5.41, 5.74) is 0.243. The van der Waals surface area contributed by atoms with Crippen molar-refractivity contribution >= 4 is 29.3 Å². The van der Waals surface area contributed by atoms with Crippen LogP contribution >= 0.6 is 23.4 Å². The Balaban J connectivity index is 2.92. The number of hydrogen-bond acceptors (Lipinski definition) is 3. The molecule has 1 atom stereocenters. The Kier molecular flexibility index (Phi) is 5.15. The highest BCUT2D eigenvalue weighted by Gasteiger charge is 2.20. The number of amides is 1. The summed E-state index contributed by atoms with van der Waals surface area (Å²) in [5.74, 6) is 0.595. The summed E-state index contributed by atoms with van der Waals surface area (Å²) < 4.78 is 0. The first kappa shape index (κ1) is 14.2. The number of carbonyl (C=O) groups excluding carboxylic acids is 1. The zero-order valence-corrected chi connectivity index (χ0v) is 11.7. The molecule has 0 saturated carbocycles. The van der Waals surface area contributed by atoms with Gasteiger partial charge in [0.1, 0.15) is 5.75 Å². The molecular formula is C12H16ClNO2S. The topological polar surface area (TPSA) is 40.5 Å². The molecule has 1 N–H and O–H groups in total. The SMILES string of the molecule is CSCC(C)N(C)C(=O)c1cc(Cl)ccc1O. The van der Waals surface area contributed by atoms with Crippen LogP contribution in [-0.2, 0) is 0 Å². The molecule has 3 nitrogen and oxygen atoms in total. The number of halogens is 1. The van der Waals surface area contributed by atoms with Gasteiger partial charge in [-0.1, -0.05) is 11.6 Å². The van der Waals surface area contributed by atoms with E-state index in [0.717, 1.165) is 5.75 Å². The highest BCUT2D eigenvalue weighted by molar-refractivity contribution is 7.98. The number of rotatable bonds is 4.